The Kier molecular flexibility index (Phi) is 4.00. The van der Waals surface area contributed by atoms with E-state index in [0.717, 1.165) is 19.0 Å². The number of rotatable bonds is 6. The summed E-state index contributed by atoms with van der Waals surface area (Å²) in [5, 5.41) is 12.9. The molecule has 0 aromatic carbocycles. The number of aromatic nitrogens is 2. The van der Waals surface area contributed by atoms with Crippen molar-refractivity contribution in [2.75, 3.05) is 18.4 Å². The Balaban J connectivity index is 1.69. The SMILES string of the molecule is FC(F)(F)c1ccc(NCCCNC2CC2)nn1. The van der Waals surface area contributed by atoms with Gasteiger partial charge in [0.25, 0.3) is 0 Å². The summed E-state index contributed by atoms with van der Waals surface area (Å²) < 4.78 is 36.7. The van der Waals surface area contributed by atoms with Crippen LogP contribution in [0, 0.1) is 0 Å². The lowest BCUT2D eigenvalue weighted by molar-refractivity contribution is -0.141. The Morgan fingerprint density at radius 3 is 2.50 bits per heavy atom. The summed E-state index contributed by atoms with van der Waals surface area (Å²) in [6.07, 6.45) is -1.03. The number of anilines is 1. The van der Waals surface area contributed by atoms with E-state index in [2.05, 4.69) is 20.8 Å². The van der Waals surface area contributed by atoms with E-state index in [-0.39, 0.29) is 0 Å². The first kappa shape index (κ1) is 13.1. The molecule has 0 radical (unpaired) electrons. The van der Waals surface area contributed by atoms with Crippen LogP contribution in [-0.2, 0) is 6.18 Å². The first-order valence-corrected chi connectivity index (χ1v) is 5.94. The molecule has 7 heteroatoms. The third-order valence-corrected chi connectivity index (χ3v) is 2.63. The van der Waals surface area contributed by atoms with Gasteiger partial charge in [0.15, 0.2) is 5.69 Å². The van der Waals surface area contributed by atoms with E-state index in [0.29, 0.717) is 18.4 Å². The van der Waals surface area contributed by atoms with Gasteiger partial charge >= 0.3 is 6.18 Å². The van der Waals surface area contributed by atoms with E-state index in [4.69, 9.17) is 0 Å². The van der Waals surface area contributed by atoms with Gasteiger partial charge in [0.1, 0.15) is 5.82 Å². The molecule has 1 aromatic heterocycles. The van der Waals surface area contributed by atoms with Gasteiger partial charge in [-0.3, -0.25) is 0 Å². The van der Waals surface area contributed by atoms with Gasteiger partial charge in [0.05, 0.1) is 0 Å². The van der Waals surface area contributed by atoms with Crippen molar-refractivity contribution in [3.05, 3.63) is 17.8 Å². The van der Waals surface area contributed by atoms with Crippen LogP contribution in [0.15, 0.2) is 12.1 Å². The van der Waals surface area contributed by atoms with E-state index in [1.807, 2.05) is 0 Å². The zero-order valence-electron chi connectivity index (χ0n) is 9.80. The van der Waals surface area contributed by atoms with E-state index in [1.165, 1.54) is 18.9 Å². The van der Waals surface area contributed by atoms with E-state index < -0.39 is 11.9 Å². The molecule has 18 heavy (non-hydrogen) atoms. The zero-order valence-corrected chi connectivity index (χ0v) is 9.80. The third kappa shape index (κ3) is 4.14. The molecule has 0 saturated heterocycles. The Morgan fingerprint density at radius 2 is 1.94 bits per heavy atom. The second-order valence-electron chi connectivity index (χ2n) is 4.31. The van der Waals surface area contributed by atoms with Gasteiger partial charge in [-0.1, -0.05) is 0 Å². The molecule has 1 fully saturated rings. The molecule has 0 spiro atoms. The molecule has 2 N–H and O–H groups in total. The summed E-state index contributed by atoms with van der Waals surface area (Å²) in [6.45, 7) is 1.57. The van der Waals surface area contributed by atoms with Crippen molar-refractivity contribution in [1.82, 2.24) is 15.5 Å². The fourth-order valence-corrected chi connectivity index (χ4v) is 1.48. The van der Waals surface area contributed by atoms with Crippen LogP contribution in [0.3, 0.4) is 0 Å². The lowest BCUT2D eigenvalue weighted by atomic mass is 10.3. The van der Waals surface area contributed by atoms with Gasteiger partial charge in [0, 0.05) is 12.6 Å². The monoisotopic (exact) mass is 260 g/mol. The Hall–Kier alpha value is -1.37. The molecule has 1 aliphatic rings. The van der Waals surface area contributed by atoms with Gasteiger partial charge in [-0.15, -0.1) is 10.2 Å². The minimum absolute atomic E-state index is 0.370. The molecule has 2 rings (SSSR count). The van der Waals surface area contributed by atoms with Gasteiger partial charge in [-0.2, -0.15) is 13.2 Å². The van der Waals surface area contributed by atoms with Crippen molar-refractivity contribution in [3.8, 4) is 0 Å². The van der Waals surface area contributed by atoms with Crippen LogP contribution in [0.5, 0.6) is 0 Å². The van der Waals surface area contributed by atoms with Gasteiger partial charge in [-0.25, -0.2) is 0 Å². The summed E-state index contributed by atoms with van der Waals surface area (Å²) in [5.74, 6) is 0.370. The molecule has 1 aliphatic carbocycles. The highest BCUT2D eigenvalue weighted by Gasteiger charge is 2.32. The van der Waals surface area contributed by atoms with Crippen LogP contribution < -0.4 is 10.6 Å². The molecular formula is C11H15F3N4. The zero-order chi connectivity index (χ0) is 13.0. The predicted octanol–water partition coefficient (Wildman–Crippen LogP) is 2.05. The van der Waals surface area contributed by atoms with Crippen LogP contribution in [0.2, 0.25) is 0 Å². The van der Waals surface area contributed by atoms with Gasteiger partial charge < -0.3 is 10.6 Å². The Bertz CT molecular complexity index is 373. The first-order chi connectivity index (χ1) is 8.55. The average molecular weight is 260 g/mol. The normalized spacial score (nSPS) is 15.7. The molecule has 0 aliphatic heterocycles. The maximum absolute atomic E-state index is 12.2. The number of hydrogen-bond acceptors (Lipinski definition) is 4. The molecule has 1 aromatic rings. The number of alkyl halides is 3. The van der Waals surface area contributed by atoms with Crippen molar-refractivity contribution in [3.63, 3.8) is 0 Å². The van der Waals surface area contributed by atoms with Crippen LogP contribution in [0.25, 0.3) is 0 Å². The number of hydrogen-bond donors (Lipinski definition) is 2. The minimum atomic E-state index is -4.43. The highest BCUT2D eigenvalue weighted by atomic mass is 19.4. The highest BCUT2D eigenvalue weighted by Crippen LogP contribution is 2.27. The molecule has 0 amide bonds. The maximum atomic E-state index is 12.2. The third-order valence-electron chi connectivity index (χ3n) is 2.63. The van der Waals surface area contributed by atoms with Crippen LogP contribution in [0.1, 0.15) is 25.0 Å². The summed E-state index contributed by atoms with van der Waals surface area (Å²) in [6, 6.07) is 2.90. The number of nitrogens with zero attached hydrogens (tertiary/aromatic N) is 2. The molecule has 100 valence electrons. The van der Waals surface area contributed by atoms with Gasteiger partial charge in [0.2, 0.25) is 0 Å². The van der Waals surface area contributed by atoms with Crippen LogP contribution in [-0.4, -0.2) is 29.3 Å². The Labute approximate surface area is 103 Å². The minimum Gasteiger partial charge on any atom is -0.369 e. The quantitative estimate of drug-likeness (QED) is 0.769. The Morgan fingerprint density at radius 1 is 1.17 bits per heavy atom. The summed E-state index contributed by atoms with van der Waals surface area (Å²) >= 11 is 0. The van der Waals surface area contributed by atoms with Gasteiger partial charge in [-0.05, 0) is 37.9 Å². The van der Waals surface area contributed by atoms with E-state index >= 15 is 0 Å². The van der Waals surface area contributed by atoms with Crippen LogP contribution >= 0.6 is 0 Å². The predicted molar refractivity (Wildman–Crippen MR) is 61.2 cm³/mol. The van der Waals surface area contributed by atoms with Crippen molar-refractivity contribution < 1.29 is 13.2 Å². The maximum Gasteiger partial charge on any atom is 0.435 e. The smallest absolute Gasteiger partial charge is 0.369 e. The molecule has 4 nitrogen and oxygen atoms in total. The largest absolute Gasteiger partial charge is 0.435 e. The van der Waals surface area contributed by atoms with Crippen LogP contribution in [0.4, 0.5) is 19.0 Å². The van der Waals surface area contributed by atoms with Crippen molar-refractivity contribution in [1.29, 1.82) is 0 Å². The fourth-order valence-electron chi connectivity index (χ4n) is 1.48. The molecule has 1 heterocycles. The van der Waals surface area contributed by atoms with E-state index in [9.17, 15) is 13.2 Å². The summed E-state index contributed by atoms with van der Waals surface area (Å²) in [4.78, 5) is 0. The van der Waals surface area contributed by atoms with Crippen molar-refractivity contribution in [2.24, 2.45) is 0 Å². The average Bonchev–Trinajstić information content (AvgIpc) is 3.12. The number of halogens is 3. The lowest BCUT2D eigenvalue weighted by Crippen LogP contribution is -2.20. The second-order valence-corrected chi connectivity index (χ2v) is 4.31. The molecule has 0 atom stereocenters. The standard InChI is InChI=1S/C11H15F3N4/c12-11(13,14)9-4-5-10(18-17-9)16-7-1-6-15-8-2-3-8/h4-5,8,15H,1-3,6-7H2,(H,16,18). The number of nitrogens with one attached hydrogen (secondary N) is 2. The first-order valence-electron chi connectivity index (χ1n) is 5.94. The topological polar surface area (TPSA) is 49.8 Å². The summed E-state index contributed by atoms with van der Waals surface area (Å²) in [5.41, 5.74) is -0.969. The molecule has 0 bridgehead atoms. The fraction of sp³-hybridized carbons (Fsp3) is 0.636. The molecule has 0 unspecified atom stereocenters. The summed E-state index contributed by atoms with van der Waals surface area (Å²) in [7, 11) is 0. The second kappa shape index (κ2) is 5.51. The van der Waals surface area contributed by atoms with Crippen molar-refractivity contribution >= 4 is 5.82 Å². The van der Waals surface area contributed by atoms with E-state index in [1.54, 1.807) is 0 Å². The van der Waals surface area contributed by atoms with Crippen molar-refractivity contribution in [2.45, 2.75) is 31.5 Å². The molecular weight excluding hydrogens is 245 g/mol. The lowest BCUT2D eigenvalue weighted by Gasteiger charge is -2.07. The molecule has 1 saturated carbocycles. The highest BCUT2D eigenvalue weighted by molar-refractivity contribution is 5.33.